The first-order valence-electron chi connectivity index (χ1n) is 10.3. The van der Waals surface area contributed by atoms with E-state index in [2.05, 4.69) is 12.1 Å². The molecule has 170 valence electrons. The molecule has 0 unspecified atom stereocenters. The van der Waals surface area contributed by atoms with E-state index < -0.39 is 0 Å². The second kappa shape index (κ2) is 11.3. The van der Waals surface area contributed by atoms with Crippen molar-refractivity contribution in [2.45, 2.75) is 0 Å². The van der Waals surface area contributed by atoms with Crippen LogP contribution in [-0.2, 0) is 0 Å². The van der Waals surface area contributed by atoms with Crippen LogP contribution < -0.4 is 18.9 Å². The van der Waals surface area contributed by atoms with Crippen molar-refractivity contribution in [1.29, 1.82) is 10.5 Å². The largest absolute Gasteiger partial charge is 0.497 e. The number of hydrogen-bond donors (Lipinski definition) is 0. The molecule has 34 heavy (non-hydrogen) atoms. The van der Waals surface area contributed by atoms with Gasteiger partial charge in [0.25, 0.3) is 0 Å². The molecule has 0 aliphatic heterocycles. The molecule has 0 saturated carbocycles. The third-order valence-corrected chi connectivity index (χ3v) is 5.22. The summed E-state index contributed by atoms with van der Waals surface area (Å²) in [6, 6.07) is 22.5. The van der Waals surface area contributed by atoms with E-state index in [1.54, 1.807) is 77.0 Å². The van der Waals surface area contributed by atoms with E-state index in [1.165, 1.54) is 0 Å². The molecule has 0 bridgehead atoms. The minimum Gasteiger partial charge on any atom is -0.497 e. The normalized spacial score (nSPS) is 11.2. The Balaban J connectivity index is 2.07. The molecule has 3 aromatic carbocycles. The van der Waals surface area contributed by atoms with Crippen LogP contribution in [0.1, 0.15) is 22.3 Å². The first-order chi connectivity index (χ1) is 16.6. The number of ether oxygens (including phenoxy) is 4. The molecule has 0 spiro atoms. The lowest BCUT2D eigenvalue weighted by molar-refractivity contribution is 0.401. The zero-order valence-corrected chi connectivity index (χ0v) is 19.5. The maximum Gasteiger partial charge on any atom is 0.126 e. The number of nitrogens with zero attached hydrogens (tertiary/aromatic N) is 2. The first-order valence-corrected chi connectivity index (χ1v) is 10.3. The Morgan fingerprint density at radius 1 is 0.588 bits per heavy atom. The number of nitriles is 2. The standard InChI is InChI=1S/C28H24N2O4/c1-31-25-9-5-19(6-10-25)23(17-29)13-21-15-28(34-4)22(16-27(21)33-3)14-24(18-30)20-7-11-26(32-2)12-8-20/h5-16H,1-4H3. The number of allylic oxidation sites excluding steroid dienone is 2. The Bertz CT molecular complexity index is 1190. The van der Waals surface area contributed by atoms with E-state index in [0.717, 1.165) is 11.1 Å². The van der Waals surface area contributed by atoms with Crippen LogP contribution in [0.25, 0.3) is 23.3 Å². The van der Waals surface area contributed by atoms with Crippen LogP contribution in [-0.4, -0.2) is 28.4 Å². The predicted octanol–water partition coefficient (Wildman–Crippen LogP) is 5.85. The molecule has 6 nitrogen and oxygen atoms in total. The molecule has 0 aromatic heterocycles. The van der Waals surface area contributed by atoms with Crippen molar-refractivity contribution in [3.63, 3.8) is 0 Å². The van der Waals surface area contributed by atoms with Gasteiger partial charge in [0.1, 0.15) is 23.0 Å². The number of methoxy groups -OCH3 is 4. The van der Waals surface area contributed by atoms with Gasteiger partial charge >= 0.3 is 0 Å². The molecule has 0 fully saturated rings. The summed E-state index contributed by atoms with van der Waals surface area (Å²) in [6.07, 6.45) is 3.48. The van der Waals surface area contributed by atoms with Gasteiger partial charge in [0.05, 0.1) is 51.7 Å². The number of rotatable bonds is 8. The molecule has 0 heterocycles. The summed E-state index contributed by atoms with van der Waals surface area (Å²) in [4.78, 5) is 0. The fraction of sp³-hybridized carbons (Fsp3) is 0.143. The van der Waals surface area contributed by atoms with Crippen molar-refractivity contribution in [1.82, 2.24) is 0 Å². The molecule has 0 aliphatic carbocycles. The van der Waals surface area contributed by atoms with Gasteiger partial charge in [-0.2, -0.15) is 10.5 Å². The third-order valence-electron chi connectivity index (χ3n) is 5.22. The first kappa shape index (κ1) is 24.0. The quantitative estimate of drug-likeness (QED) is 0.315. The van der Waals surface area contributed by atoms with Crippen LogP contribution in [0.15, 0.2) is 60.7 Å². The van der Waals surface area contributed by atoms with Gasteiger partial charge in [-0.1, -0.05) is 0 Å². The van der Waals surface area contributed by atoms with Crippen molar-refractivity contribution in [3.05, 3.63) is 82.9 Å². The molecular formula is C28H24N2O4. The van der Waals surface area contributed by atoms with E-state index >= 15 is 0 Å². The molecule has 0 amide bonds. The van der Waals surface area contributed by atoms with E-state index in [1.807, 2.05) is 24.3 Å². The van der Waals surface area contributed by atoms with Gasteiger partial charge in [0.2, 0.25) is 0 Å². The maximum absolute atomic E-state index is 9.75. The van der Waals surface area contributed by atoms with Crippen LogP contribution in [0.3, 0.4) is 0 Å². The number of hydrogen-bond acceptors (Lipinski definition) is 6. The summed E-state index contributed by atoms with van der Waals surface area (Å²) in [5.74, 6) is 2.50. The van der Waals surface area contributed by atoms with E-state index in [-0.39, 0.29) is 0 Å². The van der Waals surface area contributed by atoms with Gasteiger partial charge in [0, 0.05) is 11.1 Å². The minimum absolute atomic E-state index is 0.460. The van der Waals surface area contributed by atoms with Gasteiger partial charge in [-0.15, -0.1) is 0 Å². The highest BCUT2D eigenvalue weighted by Gasteiger charge is 2.12. The van der Waals surface area contributed by atoms with Crippen molar-refractivity contribution in [2.75, 3.05) is 28.4 Å². The zero-order chi connectivity index (χ0) is 24.5. The lowest BCUT2D eigenvalue weighted by Crippen LogP contribution is -1.95. The average Bonchev–Trinajstić information content (AvgIpc) is 2.90. The van der Waals surface area contributed by atoms with Crippen LogP contribution in [0.4, 0.5) is 0 Å². The number of benzene rings is 3. The van der Waals surface area contributed by atoms with Gasteiger partial charge in [-0.05, 0) is 83.9 Å². The highest BCUT2D eigenvalue weighted by Crippen LogP contribution is 2.34. The topological polar surface area (TPSA) is 84.5 Å². The van der Waals surface area contributed by atoms with E-state index in [9.17, 15) is 10.5 Å². The predicted molar refractivity (Wildman–Crippen MR) is 133 cm³/mol. The van der Waals surface area contributed by atoms with Gasteiger partial charge in [-0.3, -0.25) is 0 Å². The summed E-state index contributed by atoms with van der Waals surface area (Å²) in [6.45, 7) is 0. The van der Waals surface area contributed by atoms with Crippen molar-refractivity contribution >= 4 is 23.3 Å². The molecule has 3 aromatic rings. The Kier molecular flexibility index (Phi) is 7.94. The maximum atomic E-state index is 9.75. The Morgan fingerprint density at radius 3 is 1.21 bits per heavy atom. The molecule has 0 aliphatic rings. The van der Waals surface area contributed by atoms with Gasteiger partial charge < -0.3 is 18.9 Å². The molecule has 0 atom stereocenters. The fourth-order valence-electron chi connectivity index (χ4n) is 3.38. The van der Waals surface area contributed by atoms with Crippen molar-refractivity contribution < 1.29 is 18.9 Å². The molecule has 6 heteroatoms. The summed E-state index contributed by atoms with van der Waals surface area (Å²) >= 11 is 0. The lowest BCUT2D eigenvalue weighted by atomic mass is 9.99. The molecular weight excluding hydrogens is 428 g/mol. The van der Waals surface area contributed by atoms with Crippen LogP contribution in [0, 0.1) is 22.7 Å². The fourth-order valence-corrected chi connectivity index (χ4v) is 3.38. The van der Waals surface area contributed by atoms with Crippen LogP contribution >= 0.6 is 0 Å². The second-order valence-corrected chi connectivity index (χ2v) is 7.13. The van der Waals surface area contributed by atoms with Crippen LogP contribution in [0.5, 0.6) is 23.0 Å². The second-order valence-electron chi connectivity index (χ2n) is 7.13. The highest BCUT2D eigenvalue weighted by molar-refractivity contribution is 5.93. The SMILES string of the molecule is COc1ccc(C(C#N)=Cc2cc(OC)c(C=C(C#N)c3ccc(OC)cc3)cc2OC)cc1. The summed E-state index contributed by atoms with van der Waals surface area (Å²) < 4.78 is 21.6. The monoisotopic (exact) mass is 452 g/mol. The molecule has 3 rings (SSSR count). The summed E-state index contributed by atoms with van der Waals surface area (Å²) in [7, 11) is 6.30. The Morgan fingerprint density at radius 2 is 0.941 bits per heavy atom. The zero-order valence-electron chi connectivity index (χ0n) is 19.5. The smallest absolute Gasteiger partial charge is 0.126 e. The Labute approximate surface area is 199 Å². The van der Waals surface area contributed by atoms with E-state index in [0.29, 0.717) is 45.3 Å². The molecule has 0 saturated heterocycles. The highest BCUT2D eigenvalue weighted by atomic mass is 16.5. The third kappa shape index (κ3) is 5.38. The summed E-state index contributed by atoms with van der Waals surface area (Å²) in [5.41, 5.74) is 3.77. The minimum atomic E-state index is 0.460. The van der Waals surface area contributed by atoms with Crippen molar-refractivity contribution in [2.24, 2.45) is 0 Å². The van der Waals surface area contributed by atoms with Gasteiger partial charge in [0.15, 0.2) is 0 Å². The Hall–Kier alpha value is -4.68. The van der Waals surface area contributed by atoms with Crippen molar-refractivity contribution in [3.8, 4) is 35.1 Å². The molecule has 0 N–H and O–H groups in total. The lowest BCUT2D eigenvalue weighted by Gasteiger charge is -2.12. The van der Waals surface area contributed by atoms with Crippen LogP contribution in [0.2, 0.25) is 0 Å². The molecule has 0 radical (unpaired) electrons. The average molecular weight is 453 g/mol. The summed E-state index contributed by atoms with van der Waals surface area (Å²) in [5, 5.41) is 19.5. The van der Waals surface area contributed by atoms with E-state index in [4.69, 9.17) is 18.9 Å². The van der Waals surface area contributed by atoms with Gasteiger partial charge in [-0.25, -0.2) is 0 Å².